The van der Waals surface area contributed by atoms with Crippen molar-refractivity contribution >= 4 is 33.6 Å². The maximum absolute atomic E-state index is 11.5. The van der Waals surface area contributed by atoms with E-state index in [1.807, 2.05) is 0 Å². The Morgan fingerprint density at radius 2 is 1.46 bits per heavy atom. The molecule has 3 N–H and O–H groups in total. The second kappa shape index (κ2) is 13.5. The number of aliphatic hydroxyl groups is 1. The van der Waals surface area contributed by atoms with Crippen LogP contribution in [0.4, 0.5) is 0 Å². The SMILES string of the molecule is CCCCN(CCCC)CC(O)c1cc(C(C)(C)C)nc2c1cc(C)c1ccccc12.O=C(O)C(=O)O. The Balaban J connectivity index is 0.000000717. The number of carbonyl (C=O) groups is 2. The third-order valence-electron chi connectivity index (χ3n) is 6.46. The molecule has 0 saturated heterocycles. The molecule has 0 aliphatic rings. The van der Waals surface area contributed by atoms with Crippen LogP contribution in [-0.4, -0.2) is 56.8 Å². The lowest BCUT2D eigenvalue weighted by Crippen LogP contribution is -2.31. The average Bonchev–Trinajstić information content (AvgIpc) is 2.85. The van der Waals surface area contributed by atoms with Crippen LogP contribution in [-0.2, 0) is 15.0 Å². The molecule has 7 heteroatoms. The van der Waals surface area contributed by atoms with Crippen molar-refractivity contribution in [2.45, 2.75) is 78.7 Å². The predicted molar refractivity (Wildman–Crippen MR) is 149 cm³/mol. The van der Waals surface area contributed by atoms with Crippen LogP contribution in [0.15, 0.2) is 36.4 Å². The number of aliphatic hydroxyl groups excluding tert-OH is 1. The molecule has 0 amide bonds. The van der Waals surface area contributed by atoms with Gasteiger partial charge in [0.1, 0.15) is 0 Å². The first-order valence-electron chi connectivity index (χ1n) is 13.1. The summed E-state index contributed by atoms with van der Waals surface area (Å²) in [6.07, 6.45) is 4.17. The number of unbranched alkanes of at least 4 members (excludes halogenated alkanes) is 2. The lowest BCUT2D eigenvalue weighted by atomic mass is 9.87. The van der Waals surface area contributed by atoms with Crippen LogP contribution in [0.1, 0.15) is 83.2 Å². The van der Waals surface area contributed by atoms with Gasteiger partial charge in [-0.1, -0.05) is 71.7 Å². The predicted octanol–water partition coefficient (Wildman–Crippen LogP) is 6.09. The first-order chi connectivity index (χ1) is 17.4. The second-order valence-electron chi connectivity index (χ2n) is 10.6. The lowest BCUT2D eigenvalue weighted by molar-refractivity contribution is -0.159. The van der Waals surface area contributed by atoms with Gasteiger partial charge in [0, 0.05) is 28.4 Å². The summed E-state index contributed by atoms with van der Waals surface area (Å²) in [7, 11) is 0. The topological polar surface area (TPSA) is 111 Å². The van der Waals surface area contributed by atoms with Crippen molar-refractivity contribution in [2.24, 2.45) is 0 Å². The molecule has 0 spiro atoms. The summed E-state index contributed by atoms with van der Waals surface area (Å²) in [4.78, 5) is 25.8. The van der Waals surface area contributed by atoms with Crippen molar-refractivity contribution in [3.63, 3.8) is 0 Å². The third-order valence-corrected chi connectivity index (χ3v) is 6.46. The number of aliphatic carboxylic acids is 2. The summed E-state index contributed by atoms with van der Waals surface area (Å²) >= 11 is 0. The number of aryl methyl sites for hydroxylation is 1. The number of carboxylic acids is 2. The van der Waals surface area contributed by atoms with E-state index in [1.54, 1.807) is 0 Å². The number of pyridine rings is 1. The molecular formula is C30H42N2O5. The van der Waals surface area contributed by atoms with E-state index in [-0.39, 0.29) is 5.41 Å². The minimum Gasteiger partial charge on any atom is -0.473 e. The van der Waals surface area contributed by atoms with Gasteiger partial charge in [-0.05, 0) is 61.5 Å². The number of hydrogen-bond acceptors (Lipinski definition) is 5. The van der Waals surface area contributed by atoms with Crippen LogP contribution in [0.3, 0.4) is 0 Å². The number of benzene rings is 2. The summed E-state index contributed by atoms with van der Waals surface area (Å²) in [5.41, 5.74) is 4.21. The number of aromatic nitrogens is 1. The molecule has 3 rings (SSSR count). The number of nitrogens with zero attached hydrogens (tertiary/aromatic N) is 2. The molecule has 202 valence electrons. The number of fused-ring (bicyclic) bond motifs is 3. The fourth-order valence-electron chi connectivity index (χ4n) is 4.32. The molecule has 0 radical (unpaired) electrons. The van der Waals surface area contributed by atoms with Gasteiger partial charge in [-0.25, -0.2) is 9.59 Å². The standard InChI is InChI=1S/C28H40N2O.C2H2O4/c1-7-9-15-30(16-10-8-2)19-25(31)23-18-26(28(4,5)6)29-27-22-14-12-11-13-21(22)20(3)17-24(23)27;3-1(4)2(5)6/h11-14,17-18,25,31H,7-10,15-16,19H2,1-6H3;(H,3,4)(H,5,6). The molecule has 3 aromatic rings. The van der Waals surface area contributed by atoms with E-state index < -0.39 is 18.0 Å². The van der Waals surface area contributed by atoms with Crippen molar-refractivity contribution in [1.29, 1.82) is 0 Å². The fraction of sp³-hybridized carbons (Fsp3) is 0.500. The van der Waals surface area contributed by atoms with E-state index in [4.69, 9.17) is 24.8 Å². The molecule has 1 aromatic heterocycles. The first kappa shape index (κ1) is 30.2. The van der Waals surface area contributed by atoms with E-state index >= 15 is 0 Å². The molecule has 7 nitrogen and oxygen atoms in total. The Bertz CT molecular complexity index is 1200. The summed E-state index contributed by atoms with van der Waals surface area (Å²) in [6.45, 7) is 16.0. The van der Waals surface area contributed by atoms with Gasteiger partial charge in [0.2, 0.25) is 0 Å². The van der Waals surface area contributed by atoms with E-state index in [2.05, 4.69) is 82.8 Å². The van der Waals surface area contributed by atoms with E-state index in [9.17, 15) is 5.11 Å². The summed E-state index contributed by atoms with van der Waals surface area (Å²) < 4.78 is 0. The fourth-order valence-corrected chi connectivity index (χ4v) is 4.32. The Labute approximate surface area is 220 Å². The normalized spacial score (nSPS) is 12.4. The summed E-state index contributed by atoms with van der Waals surface area (Å²) in [5, 5.41) is 29.7. The van der Waals surface area contributed by atoms with Crippen LogP contribution in [0, 0.1) is 6.92 Å². The Morgan fingerprint density at radius 3 is 1.95 bits per heavy atom. The van der Waals surface area contributed by atoms with E-state index in [1.165, 1.54) is 42.0 Å². The lowest BCUT2D eigenvalue weighted by Gasteiger charge is -2.27. The van der Waals surface area contributed by atoms with E-state index in [0.29, 0.717) is 6.54 Å². The van der Waals surface area contributed by atoms with Crippen molar-refractivity contribution in [3.05, 3.63) is 53.2 Å². The molecule has 0 aliphatic heterocycles. The molecule has 2 aromatic carbocycles. The van der Waals surface area contributed by atoms with Gasteiger partial charge in [0.15, 0.2) is 0 Å². The van der Waals surface area contributed by atoms with Crippen LogP contribution < -0.4 is 0 Å². The van der Waals surface area contributed by atoms with Crippen LogP contribution in [0.25, 0.3) is 21.7 Å². The van der Waals surface area contributed by atoms with Crippen molar-refractivity contribution in [3.8, 4) is 0 Å². The van der Waals surface area contributed by atoms with Gasteiger partial charge >= 0.3 is 11.9 Å². The zero-order valence-corrected chi connectivity index (χ0v) is 23.0. The minimum atomic E-state index is -1.82. The quantitative estimate of drug-likeness (QED) is 0.236. The molecule has 37 heavy (non-hydrogen) atoms. The molecule has 0 aliphatic carbocycles. The second-order valence-corrected chi connectivity index (χ2v) is 10.6. The maximum Gasteiger partial charge on any atom is 0.414 e. The summed E-state index contributed by atoms with van der Waals surface area (Å²) in [6, 6.07) is 12.9. The monoisotopic (exact) mass is 510 g/mol. The molecule has 0 saturated carbocycles. The molecule has 1 atom stereocenters. The average molecular weight is 511 g/mol. The summed E-state index contributed by atoms with van der Waals surface area (Å²) in [5.74, 6) is -3.65. The van der Waals surface area contributed by atoms with Gasteiger partial charge in [-0.15, -0.1) is 0 Å². The number of hydrogen-bond donors (Lipinski definition) is 3. The van der Waals surface area contributed by atoms with Crippen molar-refractivity contribution in [2.75, 3.05) is 19.6 Å². The molecule has 0 fully saturated rings. The first-order valence-corrected chi connectivity index (χ1v) is 13.1. The maximum atomic E-state index is 11.5. The van der Waals surface area contributed by atoms with Crippen LogP contribution >= 0.6 is 0 Å². The highest BCUT2D eigenvalue weighted by molar-refractivity contribution is 6.27. The molecule has 0 bridgehead atoms. The highest BCUT2D eigenvalue weighted by Gasteiger charge is 2.23. The number of rotatable bonds is 9. The number of carboxylic acid groups (broad SMARTS) is 2. The largest absolute Gasteiger partial charge is 0.473 e. The Hall–Kier alpha value is -3.03. The molecule has 1 heterocycles. The van der Waals surface area contributed by atoms with Crippen LogP contribution in [0.5, 0.6) is 0 Å². The highest BCUT2D eigenvalue weighted by Crippen LogP contribution is 2.35. The zero-order valence-electron chi connectivity index (χ0n) is 23.0. The van der Waals surface area contributed by atoms with Gasteiger partial charge in [-0.3, -0.25) is 4.98 Å². The molecular weight excluding hydrogens is 468 g/mol. The molecule has 1 unspecified atom stereocenters. The Morgan fingerprint density at radius 1 is 0.919 bits per heavy atom. The van der Waals surface area contributed by atoms with Gasteiger partial charge in [0.05, 0.1) is 11.6 Å². The van der Waals surface area contributed by atoms with Gasteiger partial charge in [-0.2, -0.15) is 0 Å². The van der Waals surface area contributed by atoms with Gasteiger partial charge in [0.25, 0.3) is 0 Å². The third kappa shape index (κ3) is 8.23. The zero-order chi connectivity index (χ0) is 27.8. The van der Waals surface area contributed by atoms with Crippen molar-refractivity contribution < 1.29 is 24.9 Å². The highest BCUT2D eigenvalue weighted by atomic mass is 16.4. The van der Waals surface area contributed by atoms with Crippen molar-refractivity contribution in [1.82, 2.24) is 9.88 Å². The smallest absolute Gasteiger partial charge is 0.414 e. The minimum absolute atomic E-state index is 0.0846. The van der Waals surface area contributed by atoms with E-state index in [0.717, 1.165) is 35.2 Å². The Kier molecular flexibility index (Phi) is 11.0. The van der Waals surface area contributed by atoms with Gasteiger partial charge < -0.3 is 20.2 Å². The van der Waals surface area contributed by atoms with Crippen LogP contribution in [0.2, 0.25) is 0 Å².